The van der Waals surface area contributed by atoms with Gasteiger partial charge in [0, 0.05) is 12.6 Å². The van der Waals surface area contributed by atoms with Gasteiger partial charge in [0.1, 0.15) is 5.56 Å². The summed E-state index contributed by atoms with van der Waals surface area (Å²) < 4.78 is 117. The first-order chi connectivity index (χ1) is 11.1. The number of ether oxygens (including phenoxy) is 1. The van der Waals surface area contributed by atoms with E-state index in [9.17, 15) is 44.3 Å². The van der Waals surface area contributed by atoms with E-state index in [4.69, 9.17) is 0 Å². The van der Waals surface area contributed by atoms with Gasteiger partial charge in [-0.15, -0.1) is 0 Å². The third kappa shape index (κ3) is 5.41. The molecule has 0 aliphatic carbocycles. The number of halogens is 10. The molecule has 1 N–H and O–H groups in total. The zero-order valence-electron chi connectivity index (χ0n) is 11.8. The van der Waals surface area contributed by atoms with E-state index < -0.39 is 52.0 Å². The molecule has 0 aromatic heterocycles. The number of alkyl halides is 9. The lowest BCUT2D eigenvalue weighted by Crippen LogP contribution is -2.46. The third-order valence-corrected chi connectivity index (χ3v) is 3.08. The molecule has 0 heterocycles. The van der Waals surface area contributed by atoms with E-state index in [1.807, 2.05) is 5.32 Å². The van der Waals surface area contributed by atoms with Crippen molar-refractivity contribution in [3.05, 3.63) is 22.2 Å². The highest BCUT2D eigenvalue weighted by Gasteiger charge is 2.60. The first kappa shape index (κ1) is 21.4. The number of hydrogen-bond acceptors (Lipinski definition) is 2. The lowest BCUT2D eigenvalue weighted by atomic mass is 10.1. The molecule has 13 heteroatoms. The summed E-state index contributed by atoms with van der Waals surface area (Å²) in [5.41, 5.74) is -2.45. The minimum atomic E-state index is -6.06. The molecular weight excluding hydrogens is 441 g/mol. The van der Waals surface area contributed by atoms with Crippen LogP contribution in [0.3, 0.4) is 0 Å². The van der Waals surface area contributed by atoms with Crippen LogP contribution in [-0.4, -0.2) is 24.4 Å². The van der Waals surface area contributed by atoms with Crippen molar-refractivity contribution >= 4 is 27.5 Å². The highest BCUT2D eigenvalue weighted by atomic mass is 79.9. The summed E-state index contributed by atoms with van der Waals surface area (Å²) in [6.45, 7) is 0.941. The predicted molar refractivity (Wildman–Crippen MR) is 70.0 cm³/mol. The number of amides is 1. The van der Waals surface area contributed by atoms with Crippen LogP contribution in [-0.2, 0) is 11.0 Å². The van der Waals surface area contributed by atoms with Crippen LogP contribution >= 0.6 is 15.9 Å². The Hall–Kier alpha value is -1.66. The van der Waals surface area contributed by atoms with Crippen molar-refractivity contribution in [3.63, 3.8) is 0 Å². The van der Waals surface area contributed by atoms with E-state index in [1.54, 1.807) is 0 Å². The highest BCUT2D eigenvalue weighted by Crippen LogP contribution is 2.46. The van der Waals surface area contributed by atoms with E-state index in [1.165, 1.54) is 0 Å². The Balaban J connectivity index is 3.42. The minimum absolute atomic E-state index is 0.151. The Morgan fingerprint density at radius 1 is 1.12 bits per heavy atom. The van der Waals surface area contributed by atoms with Crippen LogP contribution in [0.15, 0.2) is 16.6 Å². The van der Waals surface area contributed by atoms with Crippen molar-refractivity contribution in [1.29, 1.82) is 0 Å². The Morgan fingerprint density at radius 3 is 2.04 bits per heavy atom. The molecule has 142 valence electrons. The van der Waals surface area contributed by atoms with E-state index >= 15 is 0 Å². The van der Waals surface area contributed by atoms with Crippen molar-refractivity contribution in [2.45, 2.75) is 31.6 Å². The molecule has 1 atom stereocenters. The van der Waals surface area contributed by atoms with Crippen LogP contribution in [0.5, 0.6) is 5.75 Å². The second-order valence-corrected chi connectivity index (χ2v) is 5.44. The fourth-order valence-corrected chi connectivity index (χ4v) is 2.10. The van der Waals surface area contributed by atoms with Crippen molar-refractivity contribution in [3.8, 4) is 5.75 Å². The number of benzene rings is 1. The molecule has 0 bridgehead atoms. The van der Waals surface area contributed by atoms with Gasteiger partial charge in [-0.25, -0.2) is 4.39 Å². The smallest absolute Gasteiger partial charge is 0.428 e. The molecule has 1 aromatic rings. The van der Waals surface area contributed by atoms with Gasteiger partial charge >= 0.3 is 18.5 Å². The van der Waals surface area contributed by atoms with Crippen LogP contribution in [0.1, 0.15) is 12.5 Å². The average Bonchev–Trinajstić information content (AvgIpc) is 2.37. The number of nitrogens with one attached hydrogen (secondary N) is 1. The van der Waals surface area contributed by atoms with Crippen LogP contribution in [0.2, 0.25) is 0 Å². The molecule has 1 amide bonds. The third-order valence-electron chi connectivity index (χ3n) is 2.49. The van der Waals surface area contributed by atoms with Gasteiger partial charge in [0.2, 0.25) is 5.91 Å². The topological polar surface area (TPSA) is 38.3 Å². The summed E-state index contributed by atoms with van der Waals surface area (Å²) >= 11 is 2.42. The Labute approximate surface area is 142 Å². The van der Waals surface area contributed by atoms with Crippen molar-refractivity contribution in [2.75, 3.05) is 5.32 Å². The Morgan fingerprint density at radius 2 is 1.64 bits per heavy atom. The molecule has 0 saturated heterocycles. The maximum Gasteiger partial charge on any atom is 0.439 e. The van der Waals surface area contributed by atoms with E-state index in [-0.39, 0.29) is 6.07 Å². The van der Waals surface area contributed by atoms with Crippen LogP contribution < -0.4 is 10.1 Å². The molecule has 1 unspecified atom stereocenters. The SMILES string of the molecule is CC(=O)Nc1cc(Br)c(OC(F)(F)C(F)C(F)(F)F)c(C(F)(F)F)c1. The van der Waals surface area contributed by atoms with Crippen molar-refractivity contribution in [1.82, 2.24) is 0 Å². The maximum atomic E-state index is 13.3. The van der Waals surface area contributed by atoms with Gasteiger partial charge in [-0.1, -0.05) is 0 Å². The molecule has 1 aromatic carbocycles. The molecule has 3 nitrogen and oxygen atoms in total. The first-order valence-corrected chi connectivity index (χ1v) is 6.81. The second kappa shape index (κ2) is 6.92. The predicted octanol–water partition coefficient (Wildman–Crippen LogP) is 5.30. The summed E-state index contributed by atoms with van der Waals surface area (Å²) in [7, 11) is 0. The van der Waals surface area contributed by atoms with Gasteiger partial charge in [-0.3, -0.25) is 4.79 Å². The fraction of sp³-hybridized carbons (Fsp3) is 0.417. The first-order valence-electron chi connectivity index (χ1n) is 6.01. The van der Waals surface area contributed by atoms with Crippen LogP contribution in [0.4, 0.5) is 45.2 Å². The monoisotopic (exact) mass is 447 g/mol. The quantitative estimate of drug-likeness (QED) is 0.636. The highest BCUT2D eigenvalue weighted by molar-refractivity contribution is 9.10. The molecular formula is C12H7BrF9NO2. The standard InChI is InChI=1S/C12H7BrF9NO2/c1-4(24)23-5-2-6(10(15,16)17)8(7(13)3-5)25-12(21,22)9(14)11(18,19)20/h2-3,9H,1H3,(H,23,24). The molecule has 0 spiro atoms. The Bertz CT molecular complexity index is 657. The van der Waals surface area contributed by atoms with Gasteiger partial charge in [-0.2, -0.15) is 35.1 Å². The van der Waals surface area contributed by atoms with E-state index in [0.717, 1.165) is 6.92 Å². The summed E-state index contributed by atoms with van der Waals surface area (Å²) in [4.78, 5) is 10.9. The molecule has 25 heavy (non-hydrogen) atoms. The lowest BCUT2D eigenvalue weighted by molar-refractivity contribution is -0.305. The van der Waals surface area contributed by atoms with Crippen molar-refractivity contribution < 1.29 is 49.0 Å². The maximum absolute atomic E-state index is 13.3. The zero-order valence-corrected chi connectivity index (χ0v) is 13.4. The summed E-state index contributed by atoms with van der Waals surface area (Å²) in [6, 6.07) is 0.821. The minimum Gasteiger partial charge on any atom is -0.428 e. The molecule has 0 fully saturated rings. The van der Waals surface area contributed by atoms with Crippen LogP contribution in [0.25, 0.3) is 0 Å². The van der Waals surface area contributed by atoms with Gasteiger partial charge in [0.25, 0.3) is 6.17 Å². The second-order valence-electron chi connectivity index (χ2n) is 4.58. The van der Waals surface area contributed by atoms with Crippen molar-refractivity contribution in [2.24, 2.45) is 0 Å². The van der Waals surface area contributed by atoms with E-state index in [0.29, 0.717) is 6.07 Å². The fourth-order valence-electron chi connectivity index (χ4n) is 1.56. The average molecular weight is 448 g/mol. The molecule has 0 aliphatic heterocycles. The number of anilines is 1. The van der Waals surface area contributed by atoms with Gasteiger partial charge in [0.05, 0.1) is 4.47 Å². The normalized spacial score (nSPS) is 14.2. The summed E-state index contributed by atoms with van der Waals surface area (Å²) in [6.07, 6.45) is -21.9. The summed E-state index contributed by atoms with van der Waals surface area (Å²) in [5, 5.41) is 1.93. The van der Waals surface area contributed by atoms with Gasteiger partial charge in [0.15, 0.2) is 5.75 Å². The molecule has 0 saturated carbocycles. The molecule has 1 rings (SSSR count). The van der Waals surface area contributed by atoms with Crippen LogP contribution in [0, 0.1) is 0 Å². The Kier molecular flexibility index (Phi) is 5.92. The largest absolute Gasteiger partial charge is 0.439 e. The molecule has 0 aliphatic rings. The van der Waals surface area contributed by atoms with Gasteiger partial charge < -0.3 is 10.1 Å². The molecule has 0 radical (unpaired) electrons. The van der Waals surface area contributed by atoms with Gasteiger partial charge in [-0.05, 0) is 28.1 Å². The van der Waals surface area contributed by atoms with E-state index in [2.05, 4.69) is 20.7 Å². The number of hydrogen-bond donors (Lipinski definition) is 1. The zero-order chi connectivity index (χ0) is 19.8. The number of carbonyl (C=O) groups is 1. The lowest BCUT2D eigenvalue weighted by Gasteiger charge is -2.25. The summed E-state index contributed by atoms with van der Waals surface area (Å²) in [5.74, 6) is -2.57. The number of carbonyl (C=O) groups excluding carboxylic acids is 1. The number of rotatable bonds is 4.